The van der Waals surface area contributed by atoms with Gasteiger partial charge in [0, 0.05) is 11.3 Å². The maximum absolute atomic E-state index is 14.4. The second kappa shape index (κ2) is 9.84. The molecule has 36 heavy (non-hydrogen) atoms. The van der Waals surface area contributed by atoms with Crippen LogP contribution in [0.15, 0.2) is 113 Å². The molecule has 0 bridgehead atoms. The van der Waals surface area contributed by atoms with Gasteiger partial charge in [-0.05, 0) is 48.0 Å². The van der Waals surface area contributed by atoms with Crippen LogP contribution in [0.3, 0.4) is 0 Å². The number of amides is 1. The molecule has 0 saturated heterocycles. The molecule has 5 rings (SSSR count). The van der Waals surface area contributed by atoms with Gasteiger partial charge >= 0.3 is 5.69 Å². The van der Waals surface area contributed by atoms with Gasteiger partial charge in [-0.15, -0.1) is 0 Å². The minimum Gasteiger partial charge on any atom is -0.326 e. The van der Waals surface area contributed by atoms with E-state index in [0.29, 0.717) is 27.8 Å². The van der Waals surface area contributed by atoms with Crippen LogP contribution in [0.4, 0.5) is 10.1 Å². The Labute approximate surface area is 205 Å². The number of aromatic nitrogens is 2. The highest BCUT2D eigenvalue weighted by atomic mass is 19.1. The predicted octanol–water partition coefficient (Wildman–Crippen LogP) is 4.52. The lowest BCUT2D eigenvalue weighted by molar-refractivity contribution is -0.115. The average Bonchev–Trinajstić information content (AvgIpc) is 2.89. The summed E-state index contributed by atoms with van der Waals surface area (Å²) in [4.78, 5) is 39.2. The Morgan fingerprint density at radius 3 is 2.19 bits per heavy atom. The fourth-order valence-corrected chi connectivity index (χ4v) is 4.17. The Hall–Kier alpha value is -4.78. The van der Waals surface area contributed by atoms with Crippen LogP contribution in [0.1, 0.15) is 11.1 Å². The first-order valence-electron chi connectivity index (χ1n) is 11.4. The largest absolute Gasteiger partial charge is 0.336 e. The Bertz CT molecular complexity index is 1670. The number of halogens is 1. The third-order valence-electron chi connectivity index (χ3n) is 5.95. The number of benzene rings is 4. The Morgan fingerprint density at radius 1 is 0.778 bits per heavy atom. The first-order chi connectivity index (χ1) is 17.5. The summed E-state index contributed by atoms with van der Waals surface area (Å²) < 4.78 is 16.9. The number of carbonyl (C=O) groups excluding carboxylic acids is 1. The van der Waals surface area contributed by atoms with Gasteiger partial charge in [0.15, 0.2) is 0 Å². The predicted molar refractivity (Wildman–Crippen MR) is 138 cm³/mol. The minimum absolute atomic E-state index is 0.0238. The second-order valence-electron chi connectivity index (χ2n) is 8.38. The van der Waals surface area contributed by atoms with Crippen LogP contribution < -0.4 is 16.6 Å². The van der Waals surface area contributed by atoms with Crippen LogP contribution in [-0.4, -0.2) is 15.0 Å². The Kier molecular flexibility index (Phi) is 6.28. The molecule has 0 spiro atoms. The molecule has 0 radical (unpaired) electrons. The summed E-state index contributed by atoms with van der Waals surface area (Å²) in [5.41, 5.74) is 1.54. The van der Waals surface area contributed by atoms with E-state index in [9.17, 15) is 18.8 Å². The highest BCUT2D eigenvalue weighted by Gasteiger charge is 2.16. The monoisotopic (exact) mass is 479 g/mol. The van der Waals surface area contributed by atoms with Gasteiger partial charge in [-0.3, -0.25) is 14.2 Å². The lowest BCUT2D eigenvalue weighted by atomic mass is 10.1. The van der Waals surface area contributed by atoms with Gasteiger partial charge < -0.3 is 5.32 Å². The molecule has 0 unspecified atom stereocenters. The van der Waals surface area contributed by atoms with Crippen molar-refractivity contribution in [2.75, 3.05) is 5.32 Å². The van der Waals surface area contributed by atoms with Gasteiger partial charge in [0.05, 0.1) is 29.6 Å². The fourth-order valence-electron chi connectivity index (χ4n) is 4.17. The number of nitrogens with one attached hydrogen (secondary N) is 1. The lowest BCUT2D eigenvalue weighted by Crippen LogP contribution is -2.39. The van der Waals surface area contributed by atoms with E-state index in [1.807, 2.05) is 18.2 Å². The molecular weight excluding hydrogens is 457 g/mol. The van der Waals surface area contributed by atoms with E-state index >= 15 is 0 Å². The first-order valence-corrected chi connectivity index (χ1v) is 11.4. The molecule has 1 heterocycles. The number of rotatable bonds is 6. The van der Waals surface area contributed by atoms with E-state index < -0.39 is 17.1 Å². The van der Waals surface area contributed by atoms with Crippen molar-refractivity contribution in [3.8, 4) is 5.69 Å². The number of carbonyl (C=O) groups is 1. The van der Waals surface area contributed by atoms with E-state index in [0.717, 1.165) is 10.1 Å². The Balaban J connectivity index is 1.50. The highest BCUT2D eigenvalue weighted by Crippen LogP contribution is 2.15. The lowest BCUT2D eigenvalue weighted by Gasteiger charge is -2.15. The van der Waals surface area contributed by atoms with Crippen molar-refractivity contribution in [1.29, 1.82) is 0 Å². The normalized spacial score (nSPS) is 10.9. The summed E-state index contributed by atoms with van der Waals surface area (Å²) in [5, 5.41) is 3.18. The number of anilines is 1. The third kappa shape index (κ3) is 4.59. The molecular formula is C29H22FN3O3. The van der Waals surface area contributed by atoms with Crippen molar-refractivity contribution in [3.05, 3.63) is 141 Å². The zero-order valence-corrected chi connectivity index (χ0v) is 19.2. The zero-order chi connectivity index (χ0) is 25.1. The molecule has 4 aromatic carbocycles. The van der Waals surface area contributed by atoms with E-state index in [1.165, 1.54) is 10.6 Å². The second-order valence-corrected chi connectivity index (χ2v) is 8.38. The van der Waals surface area contributed by atoms with Gasteiger partial charge in [-0.1, -0.05) is 60.7 Å². The first kappa shape index (κ1) is 23.0. The van der Waals surface area contributed by atoms with Gasteiger partial charge in [-0.25, -0.2) is 13.8 Å². The van der Waals surface area contributed by atoms with Crippen LogP contribution in [0.2, 0.25) is 0 Å². The van der Waals surface area contributed by atoms with Gasteiger partial charge in [-0.2, -0.15) is 0 Å². The summed E-state index contributed by atoms with van der Waals surface area (Å²) in [6.07, 6.45) is 0.138. The Morgan fingerprint density at radius 2 is 1.44 bits per heavy atom. The molecule has 0 aliphatic rings. The van der Waals surface area contributed by atoms with Crippen LogP contribution in [0.5, 0.6) is 0 Å². The van der Waals surface area contributed by atoms with Crippen molar-refractivity contribution in [3.63, 3.8) is 0 Å². The molecule has 7 heteroatoms. The van der Waals surface area contributed by atoms with Crippen LogP contribution >= 0.6 is 0 Å². The maximum Gasteiger partial charge on any atom is 0.336 e. The molecule has 5 aromatic rings. The summed E-state index contributed by atoms with van der Waals surface area (Å²) in [7, 11) is 0. The molecule has 1 aromatic heterocycles. The molecule has 6 nitrogen and oxygen atoms in total. The zero-order valence-electron chi connectivity index (χ0n) is 19.2. The summed E-state index contributed by atoms with van der Waals surface area (Å²) in [5.74, 6) is -0.603. The average molecular weight is 480 g/mol. The van der Waals surface area contributed by atoms with Crippen LogP contribution in [-0.2, 0) is 17.8 Å². The molecule has 0 saturated carbocycles. The van der Waals surface area contributed by atoms with Crippen molar-refractivity contribution in [1.82, 2.24) is 9.13 Å². The number of hydrogen-bond acceptors (Lipinski definition) is 3. The number of fused-ring (bicyclic) bond motifs is 1. The summed E-state index contributed by atoms with van der Waals surface area (Å²) >= 11 is 0. The topological polar surface area (TPSA) is 73.1 Å². The smallest absolute Gasteiger partial charge is 0.326 e. The highest BCUT2D eigenvalue weighted by molar-refractivity contribution is 5.92. The van der Waals surface area contributed by atoms with E-state index in [-0.39, 0.29) is 18.9 Å². The maximum atomic E-state index is 14.4. The van der Waals surface area contributed by atoms with Crippen molar-refractivity contribution >= 4 is 22.5 Å². The van der Waals surface area contributed by atoms with Crippen LogP contribution in [0, 0.1) is 5.82 Å². The van der Waals surface area contributed by atoms with Crippen molar-refractivity contribution in [2.24, 2.45) is 0 Å². The summed E-state index contributed by atoms with van der Waals surface area (Å²) in [6.45, 7) is -0.0238. The molecule has 1 N–H and O–H groups in total. The third-order valence-corrected chi connectivity index (χ3v) is 5.95. The molecule has 178 valence electrons. The number of hydrogen-bond donors (Lipinski definition) is 1. The molecule has 1 amide bonds. The molecule has 0 fully saturated rings. The number of nitrogens with zero attached hydrogens (tertiary/aromatic N) is 2. The van der Waals surface area contributed by atoms with Gasteiger partial charge in [0.2, 0.25) is 5.91 Å². The van der Waals surface area contributed by atoms with Gasteiger partial charge in [0.1, 0.15) is 5.82 Å². The molecule has 0 aliphatic carbocycles. The van der Waals surface area contributed by atoms with E-state index in [4.69, 9.17) is 0 Å². The van der Waals surface area contributed by atoms with Crippen molar-refractivity contribution in [2.45, 2.75) is 13.0 Å². The number of para-hydroxylation sites is 2. The minimum atomic E-state index is -0.573. The standard InChI is InChI=1S/C29H22FN3O3/c30-25-12-6-4-8-21(25)19-32-26-13-7-5-11-24(26)28(35)33(29(32)36)23-16-14-20(15-17-23)18-27(34)31-22-9-2-1-3-10-22/h1-17H,18-19H2,(H,31,34). The fraction of sp³-hybridized carbons (Fsp3) is 0.0690. The van der Waals surface area contributed by atoms with E-state index in [1.54, 1.807) is 78.9 Å². The van der Waals surface area contributed by atoms with E-state index in [2.05, 4.69) is 5.32 Å². The SMILES string of the molecule is O=C(Cc1ccc(-n2c(=O)c3ccccc3n(Cc3ccccc3F)c2=O)cc1)Nc1ccccc1. The van der Waals surface area contributed by atoms with Crippen LogP contribution in [0.25, 0.3) is 16.6 Å². The molecule has 0 aliphatic heterocycles. The molecule has 0 atom stereocenters. The summed E-state index contributed by atoms with van der Waals surface area (Å²) in [6, 6.07) is 28.9. The van der Waals surface area contributed by atoms with Gasteiger partial charge in [0.25, 0.3) is 5.56 Å². The van der Waals surface area contributed by atoms with Crippen molar-refractivity contribution < 1.29 is 9.18 Å². The quantitative estimate of drug-likeness (QED) is 0.389.